The molecule has 0 spiro atoms. The molecule has 1 aromatic rings. The summed E-state index contributed by atoms with van der Waals surface area (Å²) < 4.78 is 0. The SMILES string of the molecule is O=C(NCC1CCCC1O)c1cc(Cl)cc(Cl)c1. The Bertz CT molecular complexity index is 430. The third kappa shape index (κ3) is 3.37. The number of carbonyl (C=O) groups is 1. The number of aliphatic hydroxyl groups excluding tert-OH is 1. The molecule has 3 nitrogen and oxygen atoms in total. The van der Waals surface area contributed by atoms with E-state index in [1.54, 1.807) is 18.2 Å². The van der Waals surface area contributed by atoms with E-state index in [0.717, 1.165) is 19.3 Å². The van der Waals surface area contributed by atoms with Crippen LogP contribution in [0.4, 0.5) is 0 Å². The van der Waals surface area contributed by atoms with E-state index in [-0.39, 0.29) is 17.9 Å². The molecule has 2 rings (SSSR count). The van der Waals surface area contributed by atoms with Gasteiger partial charge >= 0.3 is 0 Å². The second kappa shape index (κ2) is 5.91. The van der Waals surface area contributed by atoms with Gasteiger partial charge in [0.1, 0.15) is 0 Å². The van der Waals surface area contributed by atoms with Gasteiger partial charge in [0.2, 0.25) is 0 Å². The first-order valence-corrected chi connectivity index (χ1v) is 6.74. The molecule has 0 bridgehead atoms. The van der Waals surface area contributed by atoms with Crippen molar-refractivity contribution in [2.75, 3.05) is 6.54 Å². The van der Waals surface area contributed by atoms with Crippen LogP contribution in [0.3, 0.4) is 0 Å². The predicted molar refractivity (Wildman–Crippen MR) is 72.1 cm³/mol. The van der Waals surface area contributed by atoms with Gasteiger partial charge in [-0.3, -0.25) is 4.79 Å². The zero-order valence-electron chi connectivity index (χ0n) is 9.83. The zero-order chi connectivity index (χ0) is 13.1. The van der Waals surface area contributed by atoms with Gasteiger partial charge in [-0.15, -0.1) is 0 Å². The van der Waals surface area contributed by atoms with Crippen LogP contribution >= 0.6 is 23.2 Å². The highest BCUT2D eigenvalue weighted by Gasteiger charge is 2.25. The maximum atomic E-state index is 11.9. The molecule has 0 aromatic heterocycles. The number of amides is 1. The number of aliphatic hydroxyl groups is 1. The molecule has 1 aromatic carbocycles. The lowest BCUT2D eigenvalue weighted by Crippen LogP contribution is -2.32. The molecule has 0 heterocycles. The third-order valence-corrected chi connectivity index (χ3v) is 3.70. The van der Waals surface area contributed by atoms with E-state index in [4.69, 9.17) is 23.2 Å². The molecule has 0 aliphatic heterocycles. The summed E-state index contributed by atoms with van der Waals surface area (Å²) in [6, 6.07) is 4.74. The van der Waals surface area contributed by atoms with Crippen molar-refractivity contribution >= 4 is 29.1 Å². The Labute approximate surface area is 116 Å². The van der Waals surface area contributed by atoms with Crippen molar-refractivity contribution in [1.82, 2.24) is 5.32 Å². The highest BCUT2D eigenvalue weighted by Crippen LogP contribution is 2.25. The van der Waals surface area contributed by atoms with Gasteiger partial charge in [0.15, 0.2) is 0 Å². The van der Waals surface area contributed by atoms with Crippen LogP contribution in [0.5, 0.6) is 0 Å². The fourth-order valence-corrected chi connectivity index (χ4v) is 2.79. The lowest BCUT2D eigenvalue weighted by Gasteiger charge is -2.15. The smallest absolute Gasteiger partial charge is 0.251 e. The van der Waals surface area contributed by atoms with Crippen LogP contribution in [0.15, 0.2) is 18.2 Å². The molecule has 1 saturated carbocycles. The fraction of sp³-hybridized carbons (Fsp3) is 0.462. The van der Waals surface area contributed by atoms with Crippen LogP contribution in [0.25, 0.3) is 0 Å². The minimum absolute atomic E-state index is 0.156. The van der Waals surface area contributed by atoms with Gasteiger partial charge < -0.3 is 10.4 Å². The Morgan fingerprint density at radius 3 is 2.50 bits per heavy atom. The van der Waals surface area contributed by atoms with Gasteiger partial charge in [0.05, 0.1) is 6.10 Å². The summed E-state index contributed by atoms with van der Waals surface area (Å²) in [6.07, 6.45) is 2.50. The zero-order valence-corrected chi connectivity index (χ0v) is 11.3. The molecule has 0 radical (unpaired) electrons. The molecule has 2 N–H and O–H groups in total. The molecule has 1 amide bonds. The highest BCUT2D eigenvalue weighted by molar-refractivity contribution is 6.35. The first-order chi connectivity index (χ1) is 8.56. The maximum absolute atomic E-state index is 11.9. The summed E-state index contributed by atoms with van der Waals surface area (Å²) >= 11 is 11.7. The van der Waals surface area contributed by atoms with Crippen LogP contribution in [0.1, 0.15) is 29.6 Å². The van der Waals surface area contributed by atoms with Gasteiger partial charge in [0, 0.05) is 28.1 Å². The Hall–Kier alpha value is -0.770. The number of halogens is 2. The normalized spacial score (nSPS) is 23.1. The van der Waals surface area contributed by atoms with E-state index < -0.39 is 0 Å². The molecule has 98 valence electrons. The minimum Gasteiger partial charge on any atom is -0.393 e. The molecular weight excluding hydrogens is 273 g/mol. The molecule has 5 heteroatoms. The number of nitrogens with one attached hydrogen (secondary N) is 1. The van der Waals surface area contributed by atoms with Gasteiger partial charge in [-0.2, -0.15) is 0 Å². The summed E-state index contributed by atoms with van der Waals surface area (Å²) in [7, 11) is 0. The number of hydrogen-bond acceptors (Lipinski definition) is 2. The lowest BCUT2D eigenvalue weighted by molar-refractivity contribution is 0.0917. The Kier molecular flexibility index (Phi) is 4.49. The molecule has 1 fully saturated rings. The first-order valence-electron chi connectivity index (χ1n) is 5.98. The highest BCUT2D eigenvalue weighted by atomic mass is 35.5. The number of rotatable bonds is 3. The monoisotopic (exact) mass is 287 g/mol. The molecule has 1 aliphatic rings. The van der Waals surface area contributed by atoms with E-state index in [0.29, 0.717) is 22.2 Å². The lowest BCUT2D eigenvalue weighted by atomic mass is 10.1. The number of benzene rings is 1. The van der Waals surface area contributed by atoms with Crippen molar-refractivity contribution in [3.05, 3.63) is 33.8 Å². The van der Waals surface area contributed by atoms with Crippen LogP contribution < -0.4 is 5.32 Å². The summed E-state index contributed by atoms with van der Waals surface area (Å²) in [4.78, 5) is 11.9. The largest absolute Gasteiger partial charge is 0.393 e. The number of carbonyl (C=O) groups excluding carboxylic acids is 1. The van der Waals surface area contributed by atoms with Crippen molar-refractivity contribution in [3.63, 3.8) is 0 Å². The molecular formula is C13H15Cl2NO2. The Morgan fingerprint density at radius 2 is 1.94 bits per heavy atom. The quantitative estimate of drug-likeness (QED) is 0.898. The summed E-state index contributed by atoms with van der Waals surface area (Å²) in [5.74, 6) is -0.0536. The average Bonchev–Trinajstić information content (AvgIpc) is 2.70. The van der Waals surface area contributed by atoms with E-state index in [1.807, 2.05) is 0 Å². The molecule has 18 heavy (non-hydrogen) atoms. The summed E-state index contributed by atoms with van der Waals surface area (Å²) in [5, 5.41) is 13.4. The maximum Gasteiger partial charge on any atom is 0.251 e. The molecule has 1 aliphatic carbocycles. The van der Waals surface area contributed by atoms with Crippen molar-refractivity contribution in [1.29, 1.82) is 0 Å². The van der Waals surface area contributed by atoms with Gasteiger partial charge in [-0.1, -0.05) is 29.6 Å². The second-order valence-corrected chi connectivity index (χ2v) is 5.50. The van der Waals surface area contributed by atoms with Gasteiger partial charge in [-0.05, 0) is 31.0 Å². The van der Waals surface area contributed by atoms with Crippen LogP contribution in [-0.2, 0) is 0 Å². The van der Waals surface area contributed by atoms with E-state index in [2.05, 4.69) is 5.32 Å². The molecule has 2 unspecified atom stereocenters. The molecule has 2 atom stereocenters. The van der Waals surface area contributed by atoms with E-state index in [9.17, 15) is 9.90 Å². The van der Waals surface area contributed by atoms with Crippen molar-refractivity contribution < 1.29 is 9.90 Å². The predicted octanol–water partition coefficient (Wildman–Crippen LogP) is 2.88. The van der Waals surface area contributed by atoms with Gasteiger partial charge in [0.25, 0.3) is 5.91 Å². The van der Waals surface area contributed by atoms with Crippen molar-refractivity contribution in [2.45, 2.75) is 25.4 Å². The average molecular weight is 288 g/mol. The second-order valence-electron chi connectivity index (χ2n) is 4.63. The summed E-state index contributed by atoms with van der Waals surface area (Å²) in [6.45, 7) is 0.490. The van der Waals surface area contributed by atoms with Crippen LogP contribution in [-0.4, -0.2) is 23.7 Å². The van der Waals surface area contributed by atoms with E-state index >= 15 is 0 Å². The number of hydrogen-bond donors (Lipinski definition) is 2. The van der Waals surface area contributed by atoms with Gasteiger partial charge in [-0.25, -0.2) is 0 Å². The standard InChI is InChI=1S/C13H15Cl2NO2/c14-10-4-9(5-11(15)6-10)13(18)16-7-8-2-1-3-12(8)17/h4-6,8,12,17H,1-3,7H2,(H,16,18). The topological polar surface area (TPSA) is 49.3 Å². The van der Waals surface area contributed by atoms with Crippen LogP contribution in [0, 0.1) is 5.92 Å². The van der Waals surface area contributed by atoms with Crippen molar-refractivity contribution in [2.24, 2.45) is 5.92 Å². The van der Waals surface area contributed by atoms with E-state index in [1.165, 1.54) is 0 Å². The van der Waals surface area contributed by atoms with Crippen LogP contribution in [0.2, 0.25) is 10.0 Å². The van der Waals surface area contributed by atoms with Crippen molar-refractivity contribution in [3.8, 4) is 0 Å². The Morgan fingerprint density at radius 1 is 1.28 bits per heavy atom. The first kappa shape index (κ1) is 13.7. The summed E-state index contributed by atoms with van der Waals surface area (Å²) in [5.41, 5.74) is 0.444. The minimum atomic E-state index is -0.298. The Balaban J connectivity index is 1.95. The molecule has 0 saturated heterocycles. The third-order valence-electron chi connectivity index (χ3n) is 3.27. The fourth-order valence-electron chi connectivity index (χ4n) is 2.27.